The number of likely N-dealkylation sites (tertiary alicyclic amines) is 1. The third-order valence-corrected chi connectivity index (χ3v) is 4.34. The maximum Gasteiger partial charge on any atom is 0.224 e. The summed E-state index contributed by atoms with van der Waals surface area (Å²) in [6, 6.07) is 8.19. The third kappa shape index (κ3) is 5.45. The summed E-state index contributed by atoms with van der Waals surface area (Å²) in [5, 5.41) is 3.03. The minimum atomic E-state index is 0.106. The quantitative estimate of drug-likeness (QED) is 0.884. The van der Waals surface area contributed by atoms with Gasteiger partial charge in [0, 0.05) is 12.1 Å². The number of nitrogens with one attached hydrogen (secondary N) is 1. The predicted octanol–water partition coefficient (Wildman–Crippen LogP) is 4.19. The van der Waals surface area contributed by atoms with Crippen LogP contribution in [0.4, 0.5) is 5.69 Å². The topological polar surface area (TPSA) is 32.3 Å². The summed E-state index contributed by atoms with van der Waals surface area (Å²) in [5.74, 6) is 0.128. The molecule has 0 unspecified atom stereocenters. The maximum atomic E-state index is 12.1. The van der Waals surface area contributed by atoms with Gasteiger partial charge in [0.25, 0.3) is 0 Å². The van der Waals surface area contributed by atoms with Gasteiger partial charge in [0.1, 0.15) is 0 Å². The number of amides is 1. The fraction of sp³-hybridized carbons (Fsp3) is 0.632. The normalized spacial score (nSPS) is 16.5. The van der Waals surface area contributed by atoms with Crippen LogP contribution in [0.2, 0.25) is 0 Å². The van der Waals surface area contributed by atoms with E-state index in [0.29, 0.717) is 6.42 Å². The van der Waals surface area contributed by atoms with Gasteiger partial charge in [-0.2, -0.15) is 0 Å². The minimum Gasteiger partial charge on any atom is -0.326 e. The molecule has 1 N–H and O–H groups in total. The highest BCUT2D eigenvalue weighted by Crippen LogP contribution is 2.24. The molecule has 0 atom stereocenters. The van der Waals surface area contributed by atoms with E-state index in [1.807, 2.05) is 12.1 Å². The number of benzene rings is 1. The first-order valence-electron chi connectivity index (χ1n) is 8.58. The molecule has 3 heteroatoms. The molecular formula is C19H30N2O. The highest BCUT2D eigenvalue weighted by Gasteiger charge is 2.14. The molecule has 1 aliphatic heterocycles. The molecular weight excluding hydrogens is 272 g/mol. The predicted molar refractivity (Wildman–Crippen MR) is 93.3 cm³/mol. The highest BCUT2D eigenvalue weighted by molar-refractivity contribution is 5.90. The van der Waals surface area contributed by atoms with Gasteiger partial charge in [-0.05, 0) is 62.0 Å². The summed E-state index contributed by atoms with van der Waals surface area (Å²) in [5.41, 5.74) is 2.27. The number of piperidine rings is 1. The lowest BCUT2D eigenvalue weighted by atomic mass is 9.87. The molecule has 22 heavy (non-hydrogen) atoms. The van der Waals surface area contributed by atoms with Gasteiger partial charge in [0.15, 0.2) is 0 Å². The molecule has 1 aromatic rings. The van der Waals surface area contributed by atoms with Gasteiger partial charge in [-0.3, -0.25) is 4.79 Å². The van der Waals surface area contributed by atoms with E-state index in [-0.39, 0.29) is 11.3 Å². The number of anilines is 1. The number of nitrogens with zero attached hydrogens (tertiary/aromatic N) is 1. The SMILES string of the molecule is CC(C)(C)c1cccc(NC(=O)CCCN2CCCCC2)c1. The number of hydrogen-bond donors (Lipinski definition) is 1. The van der Waals surface area contributed by atoms with Crippen LogP contribution in [-0.4, -0.2) is 30.4 Å². The summed E-state index contributed by atoms with van der Waals surface area (Å²) in [6.45, 7) is 10.0. The van der Waals surface area contributed by atoms with E-state index in [0.717, 1.165) is 18.7 Å². The summed E-state index contributed by atoms with van der Waals surface area (Å²) in [6.07, 6.45) is 5.54. The van der Waals surface area contributed by atoms with Gasteiger partial charge < -0.3 is 10.2 Å². The molecule has 1 amide bonds. The molecule has 0 saturated carbocycles. The summed E-state index contributed by atoms with van der Waals surface area (Å²) in [4.78, 5) is 14.6. The molecule has 0 aliphatic carbocycles. The van der Waals surface area contributed by atoms with E-state index in [1.165, 1.54) is 37.9 Å². The number of hydrogen-bond acceptors (Lipinski definition) is 2. The van der Waals surface area contributed by atoms with Crippen molar-refractivity contribution in [3.05, 3.63) is 29.8 Å². The van der Waals surface area contributed by atoms with Crippen LogP contribution in [-0.2, 0) is 10.2 Å². The van der Waals surface area contributed by atoms with Crippen molar-refractivity contribution in [3.63, 3.8) is 0 Å². The third-order valence-electron chi connectivity index (χ3n) is 4.34. The van der Waals surface area contributed by atoms with Crippen LogP contribution in [0.15, 0.2) is 24.3 Å². The Labute approximate surface area is 135 Å². The van der Waals surface area contributed by atoms with Crippen molar-refractivity contribution in [2.45, 2.75) is 58.3 Å². The lowest BCUT2D eigenvalue weighted by Gasteiger charge is -2.26. The molecule has 0 spiro atoms. The van der Waals surface area contributed by atoms with Gasteiger partial charge in [0.2, 0.25) is 5.91 Å². The first-order valence-corrected chi connectivity index (χ1v) is 8.58. The Morgan fingerprint density at radius 3 is 2.59 bits per heavy atom. The highest BCUT2D eigenvalue weighted by atomic mass is 16.1. The zero-order valence-electron chi connectivity index (χ0n) is 14.3. The van der Waals surface area contributed by atoms with Gasteiger partial charge in [-0.25, -0.2) is 0 Å². The van der Waals surface area contributed by atoms with Crippen LogP contribution >= 0.6 is 0 Å². The molecule has 1 fully saturated rings. The molecule has 1 aliphatic rings. The monoisotopic (exact) mass is 302 g/mol. The maximum absolute atomic E-state index is 12.1. The van der Waals surface area contributed by atoms with Crippen LogP contribution in [0.25, 0.3) is 0 Å². The first kappa shape index (κ1) is 17.0. The molecule has 0 radical (unpaired) electrons. The average molecular weight is 302 g/mol. The molecule has 1 saturated heterocycles. The van der Waals surface area contributed by atoms with Crippen LogP contribution in [0.3, 0.4) is 0 Å². The van der Waals surface area contributed by atoms with Crippen LogP contribution < -0.4 is 5.32 Å². The molecule has 1 aromatic carbocycles. The Kier molecular flexibility index (Phi) is 6.01. The standard InChI is InChI=1S/C19H30N2O/c1-19(2,3)16-9-7-10-17(15-16)20-18(22)11-8-14-21-12-5-4-6-13-21/h7,9-10,15H,4-6,8,11-14H2,1-3H3,(H,20,22). The second kappa shape index (κ2) is 7.77. The first-order chi connectivity index (χ1) is 10.4. The molecule has 0 aromatic heterocycles. The van der Waals surface area contributed by atoms with Crippen molar-refractivity contribution in [2.24, 2.45) is 0 Å². The summed E-state index contributed by atoms with van der Waals surface area (Å²) >= 11 is 0. The van der Waals surface area contributed by atoms with Crippen LogP contribution in [0.5, 0.6) is 0 Å². The van der Waals surface area contributed by atoms with Crippen LogP contribution in [0, 0.1) is 0 Å². The van der Waals surface area contributed by atoms with Crippen molar-refractivity contribution in [3.8, 4) is 0 Å². The van der Waals surface area contributed by atoms with E-state index in [9.17, 15) is 4.79 Å². The fourth-order valence-electron chi connectivity index (χ4n) is 2.93. The molecule has 122 valence electrons. The average Bonchev–Trinajstić information content (AvgIpc) is 2.48. The Morgan fingerprint density at radius 1 is 1.18 bits per heavy atom. The summed E-state index contributed by atoms with van der Waals surface area (Å²) < 4.78 is 0. The minimum absolute atomic E-state index is 0.106. The van der Waals surface area contributed by atoms with Crippen molar-refractivity contribution in [2.75, 3.05) is 25.0 Å². The van der Waals surface area contributed by atoms with E-state index in [1.54, 1.807) is 0 Å². The van der Waals surface area contributed by atoms with Gasteiger partial charge in [-0.15, -0.1) is 0 Å². The molecule has 0 bridgehead atoms. The Bertz CT molecular complexity index is 484. The van der Waals surface area contributed by atoms with Crippen molar-refractivity contribution < 1.29 is 4.79 Å². The van der Waals surface area contributed by atoms with Gasteiger partial charge in [0.05, 0.1) is 0 Å². The Morgan fingerprint density at radius 2 is 1.91 bits per heavy atom. The molecule has 3 nitrogen and oxygen atoms in total. The lowest BCUT2D eigenvalue weighted by molar-refractivity contribution is -0.116. The van der Waals surface area contributed by atoms with E-state index >= 15 is 0 Å². The smallest absolute Gasteiger partial charge is 0.224 e. The number of carbonyl (C=O) groups excluding carboxylic acids is 1. The molecule has 2 rings (SSSR count). The van der Waals surface area contributed by atoms with E-state index in [2.05, 4.69) is 43.1 Å². The number of carbonyl (C=O) groups is 1. The number of rotatable bonds is 5. The van der Waals surface area contributed by atoms with Gasteiger partial charge >= 0.3 is 0 Å². The fourth-order valence-corrected chi connectivity index (χ4v) is 2.93. The second-order valence-corrected chi connectivity index (χ2v) is 7.38. The Hall–Kier alpha value is -1.35. The van der Waals surface area contributed by atoms with E-state index in [4.69, 9.17) is 0 Å². The summed E-state index contributed by atoms with van der Waals surface area (Å²) in [7, 11) is 0. The zero-order chi connectivity index (χ0) is 16.0. The van der Waals surface area contributed by atoms with Crippen molar-refractivity contribution >= 4 is 11.6 Å². The largest absolute Gasteiger partial charge is 0.326 e. The van der Waals surface area contributed by atoms with Crippen molar-refractivity contribution in [1.29, 1.82) is 0 Å². The molecule has 1 heterocycles. The Balaban J connectivity index is 1.77. The van der Waals surface area contributed by atoms with Crippen molar-refractivity contribution in [1.82, 2.24) is 4.90 Å². The lowest BCUT2D eigenvalue weighted by Crippen LogP contribution is -2.31. The second-order valence-electron chi connectivity index (χ2n) is 7.38. The van der Waals surface area contributed by atoms with Crippen LogP contribution in [0.1, 0.15) is 58.4 Å². The zero-order valence-corrected chi connectivity index (χ0v) is 14.3. The van der Waals surface area contributed by atoms with Gasteiger partial charge in [-0.1, -0.05) is 39.3 Å². The van der Waals surface area contributed by atoms with E-state index < -0.39 is 0 Å².